The average Bonchev–Trinajstić information content (AvgIpc) is 2.28. The maximum Gasteiger partial charge on any atom is 0.255 e. The molecule has 2 amide bonds. The van der Waals surface area contributed by atoms with E-state index in [1.54, 1.807) is 9.80 Å². The summed E-state index contributed by atoms with van der Waals surface area (Å²) >= 11 is 11.0. The normalized spacial score (nSPS) is 16.8. The van der Waals surface area contributed by atoms with Crippen LogP contribution < -0.4 is 0 Å². The highest BCUT2D eigenvalue weighted by molar-refractivity contribution is 6.53. The first-order valence-electron chi connectivity index (χ1n) is 4.90. The van der Waals surface area contributed by atoms with E-state index in [0.29, 0.717) is 26.2 Å². The third-order valence-corrected chi connectivity index (χ3v) is 2.77. The molecule has 0 aromatic rings. The van der Waals surface area contributed by atoms with Gasteiger partial charge in [0.1, 0.15) is 6.61 Å². The molecule has 1 rings (SSSR count). The largest absolute Gasteiger partial charge is 0.375 e. The molecule has 1 saturated heterocycles. The van der Waals surface area contributed by atoms with Crippen molar-refractivity contribution in [3.63, 3.8) is 0 Å². The van der Waals surface area contributed by atoms with E-state index in [1.165, 1.54) is 7.11 Å². The van der Waals surface area contributed by atoms with Gasteiger partial charge in [-0.05, 0) is 0 Å². The van der Waals surface area contributed by atoms with E-state index >= 15 is 0 Å². The summed E-state index contributed by atoms with van der Waals surface area (Å²) in [6.45, 7) is 1.99. The number of nitrogens with zero attached hydrogens (tertiary/aromatic N) is 2. The number of hydrogen-bond donors (Lipinski definition) is 0. The maximum atomic E-state index is 11.5. The summed E-state index contributed by atoms with van der Waals surface area (Å²) in [5, 5.41) is 0. The number of ether oxygens (including phenoxy) is 1. The molecule has 0 radical (unpaired) electrons. The van der Waals surface area contributed by atoms with Crippen LogP contribution in [0, 0.1) is 0 Å². The fourth-order valence-corrected chi connectivity index (χ4v) is 1.81. The Labute approximate surface area is 104 Å². The van der Waals surface area contributed by atoms with E-state index in [9.17, 15) is 9.59 Å². The van der Waals surface area contributed by atoms with Crippen molar-refractivity contribution in [2.75, 3.05) is 39.9 Å². The number of hydrogen-bond acceptors (Lipinski definition) is 3. The number of piperazine rings is 1. The summed E-state index contributed by atoms with van der Waals surface area (Å²) in [6, 6.07) is 0. The van der Waals surface area contributed by atoms with E-state index < -0.39 is 4.84 Å². The highest BCUT2D eigenvalue weighted by atomic mass is 35.5. The zero-order valence-electron chi connectivity index (χ0n) is 8.99. The van der Waals surface area contributed by atoms with Crippen molar-refractivity contribution in [3.8, 4) is 0 Å². The molecule has 1 fully saturated rings. The van der Waals surface area contributed by atoms with Gasteiger partial charge in [-0.2, -0.15) is 0 Å². The van der Waals surface area contributed by atoms with Crippen molar-refractivity contribution in [1.82, 2.24) is 9.80 Å². The van der Waals surface area contributed by atoms with Gasteiger partial charge >= 0.3 is 0 Å². The minimum absolute atomic E-state index is 0.0668. The van der Waals surface area contributed by atoms with Crippen LogP contribution in [0.15, 0.2) is 0 Å². The molecule has 0 bridgehead atoms. The summed E-state index contributed by atoms with van der Waals surface area (Å²) in [7, 11) is 1.48. The monoisotopic (exact) mass is 268 g/mol. The van der Waals surface area contributed by atoms with Gasteiger partial charge in [-0.3, -0.25) is 9.59 Å². The first-order chi connectivity index (χ1) is 7.56. The predicted octanol–water partition coefficient (Wildman–Crippen LogP) is 0.107. The topological polar surface area (TPSA) is 49.9 Å². The molecule has 16 heavy (non-hydrogen) atoms. The summed E-state index contributed by atoms with van der Waals surface area (Å²) in [5.41, 5.74) is 0. The number of halogens is 2. The predicted molar refractivity (Wildman–Crippen MR) is 60.5 cm³/mol. The van der Waals surface area contributed by atoms with Crippen LogP contribution >= 0.6 is 23.2 Å². The van der Waals surface area contributed by atoms with E-state index in [0.717, 1.165) is 0 Å². The lowest BCUT2D eigenvalue weighted by molar-refractivity contribution is -0.141. The molecule has 0 aromatic carbocycles. The van der Waals surface area contributed by atoms with Gasteiger partial charge in [-0.1, -0.05) is 23.2 Å². The summed E-state index contributed by atoms with van der Waals surface area (Å²) in [5.74, 6) is -0.370. The lowest BCUT2D eigenvalue weighted by Crippen LogP contribution is -2.52. The highest BCUT2D eigenvalue weighted by Crippen LogP contribution is 2.10. The van der Waals surface area contributed by atoms with Crippen molar-refractivity contribution in [2.45, 2.75) is 4.84 Å². The third kappa shape index (κ3) is 3.50. The molecule has 5 nitrogen and oxygen atoms in total. The number of alkyl halides is 2. The molecule has 1 heterocycles. The Morgan fingerprint density at radius 3 is 2.12 bits per heavy atom. The fraction of sp³-hybridized carbons (Fsp3) is 0.778. The molecule has 1 aliphatic heterocycles. The number of amides is 2. The molecular formula is C9H14Cl2N2O3. The van der Waals surface area contributed by atoms with Gasteiger partial charge in [-0.15, -0.1) is 0 Å². The zero-order valence-corrected chi connectivity index (χ0v) is 10.5. The molecule has 0 spiro atoms. The van der Waals surface area contributed by atoms with Crippen molar-refractivity contribution in [1.29, 1.82) is 0 Å². The minimum atomic E-state index is -1.03. The summed E-state index contributed by atoms with van der Waals surface area (Å²) in [4.78, 5) is 25.1. The van der Waals surface area contributed by atoms with Crippen LogP contribution in [0.5, 0.6) is 0 Å². The molecule has 0 atom stereocenters. The SMILES string of the molecule is COCC(=O)N1CCN(C(=O)C(Cl)Cl)CC1. The van der Waals surface area contributed by atoms with Gasteiger partial charge < -0.3 is 14.5 Å². The van der Waals surface area contributed by atoms with Crippen molar-refractivity contribution < 1.29 is 14.3 Å². The lowest BCUT2D eigenvalue weighted by atomic mass is 10.3. The number of carbonyl (C=O) groups is 2. The van der Waals surface area contributed by atoms with Crippen LogP contribution in [0.3, 0.4) is 0 Å². The first kappa shape index (κ1) is 13.5. The second-order valence-corrected chi connectivity index (χ2v) is 4.54. The first-order valence-corrected chi connectivity index (χ1v) is 5.77. The molecule has 92 valence electrons. The van der Waals surface area contributed by atoms with E-state index in [-0.39, 0.29) is 18.4 Å². The van der Waals surface area contributed by atoms with Crippen molar-refractivity contribution in [3.05, 3.63) is 0 Å². The standard InChI is InChI=1S/C9H14Cl2N2O3/c1-16-6-7(14)12-2-4-13(5-3-12)9(15)8(10)11/h8H,2-6H2,1H3. The van der Waals surface area contributed by atoms with Crippen LogP contribution in [0.25, 0.3) is 0 Å². The molecule has 1 aliphatic rings. The van der Waals surface area contributed by atoms with E-state index in [4.69, 9.17) is 27.9 Å². The second kappa shape index (κ2) is 6.27. The van der Waals surface area contributed by atoms with Crippen molar-refractivity contribution >= 4 is 35.0 Å². The zero-order chi connectivity index (χ0) is 12.1. The Morgan fingerprint density at radius 1 is 1.19 bits per heavy atom. The van der Waals surface area contributed by atoms with Gasteiger partial charge in [0.2, 0.25) is 5.91 Å². The Hall–Kier alpha value is -0.520. The third-order valence-electron chi connectivity index (χ3n) is 2.40. The van der Waals surface area contributed by atoms with Crippen LogP contribution in [0.2, 0.25) is 0 Å². The van der Waals surface area contributed by atoms with Gasteiger partial charge in [0.25, 0.3) is 5.91 Å². The van der Waals surface area contributed by atoms with Crippen molar-refractivity contribution in [2.24, 2.45) is 0 Å². The van der Waals surface area contributed by atoms with Gasteiger partial charge in [0.15, 0.2) is 4.84 Å². The highest BCUT2D eigenvalue weighted by Gasteiger charge is 2.26. The number of carbonyl (C=O) groups excluding carboxylic acids is 2. The average molecular weight is 269 g/mol. The summed E-state index contributed by atoms with van der Waals surface area (Å²) in [6.07, 6.45) is 0. The summed E-state index contributed by atoms with van der Waals surface area (Å²) < 4.78 is 4.76. The lowest BCUT2D eigenvalue weighted by Gasteiger charge is -2.34. The van der Waals surface area contributed by atoms with Crippen LogP contribution in [-0.4, -0.2) is 66.3 Å². The Kier molecular flexibility index (Phi) is 5.31. The quantitative estimate of drug-likeness (QED) is 0.683. The Balaban J connectivity index is 2.39. The van der Waals surface area contributed by atoms with Crippen LogP contribution in [-0.2, 0) is 14.3 Å². The Morgan fingerprint density at radius 2 is 1.69 bits per heavy atom. The molecule has 0 aliphatic carbocycles. The maximum absolute atomic E-state index is 11.5. The smallest absolute Gasteiger partial charge is 0.255 e. The van der Waals surface area contributed by atoms with E-state index in [1.807, 2.05) is 0 Å². The molecule has 0 unspecified atom stereocenters. The second-order valence-electron chi connectivity index (χ2n) is 3.44. The number of methoxy groups -OCH3 is 1. The van der Waals surface area contributed by atoms with Gasteiger partial charge in [0, 0.05) is 33.3 Å². The van der Waals surface area contributed by atoms with Crippen LogP contribution in [0.1, 0.15) is 0 Å². The molecule has 0 saturated carbocycles. The Bertz CT molecular complexity index is 265. The molecular weight excluding hydrogens is 255 g/mol. The minimum Gasteiger partial charge on any atom is -0.375 e. The van der Waals surface area contributed by atoms with E-state index in [2.05, 4.69) is 0 Å². The van der Waals surface area contributed by atoms with Gasteiger partial charge in [-0.25, -0.2) is 0 Å². The van der Waals surface area contributed by atoms with Crippen LogP contribution in [0.4, 0.5) is 0 Å². The molecule has 0 aromatic heterocycles. The molecule has 0 N–H and O–H groups in total. The van der Waals surface area contributed by atoms with Gasteiger partial charge in [0.05, 0.1) is 0 Å². The molecule has 7 heteroatoms. The number of rotatable bonds is 3. The fourth-order valence-electron chi connectivity index (χ4n) is 1.53.